The average molecular weight is 673 g/mol. The topological polar surface area (TPSA) is 124 Å². The number of nitrogens with one attached hydrogen (secondary N) is 2. The molecule has 2 N–H and O–H groups in total. The number of fused-ring (bicyclic) bond motifs is 1. The lowest BCUT2D eigenvalue weighted by atomic mass is 10.1. The third-order valence-electron chi connectivity index (χ3n) is 5.95. The van der Waals surface area contributed by atoms with Crippen LogP contribution in [-0.2, 0) is 20.0 Å². The normalized spacial score (nSPS) is 12.6. The van der Waals surface area contributed by atoms with Crippen molar-refractivity contribution in [2.75, 3.05) is 9.44 Å². The maximum atomic E-state index is 13.2. The number of ether oxygens (including phenoxy) is 2. The Morgan fingerprint density at radius 1 is 0.578 bits per heavy atom. The Kier molecular flexibility index (Phi) is 8.09. The van der Waals surface area contributed by atoms with Crippen molar-refractivity contribution in [3.05, 3.63) is 97.1 Å². The van der Waals surface area contributed by atoms with Crippen molar-refractivity contribution in [1.82, 2.24) is 0 Å². The number of alkyl halides is 6. The Hall–Kier alpha value is -4.90. The second kappa shape index (κ2) is 11.6. The van der Waals surface area contributed by atoms with E-state index in [0.29, 0.717) is 16.9 Å². The Balaban J connectivity index is 1.50. The van der Waals surface area contributed by atoms with Crippen LogP contribution >= 0.6 is 0 Å². The van der Waals surface area contributed by atoms with Gasteiger partial charge in [-0.2, -0.15) is 0 Å². The van der Waals surface area contributed by atoms with Crippen molar-refractivity contribution >= 4 is 42.4 Å². The van der Waals surface area contributed by atoms with Gasteiger partial charge in [-0.3, -0.25) is 9.44 Å². The van der Waals surface area contributed by atoms with Crippen molar-refractivity contribution in [3.8, 4) is 22.8 Å². The third kappa shape index (κ3) is 7.79. The van der Waals surface area contributed by atoms with Gasteiger partial charge in [-0.05, 0) is 78.9 Å². The van der Waals surface area contributed by atoms with Crippen molar-refractivity contribution in [1.29, 1.82) is 0 Å². The van der Waals surface area contributed by atoms with Crippen LogP contribution in [0.15, 0.2) is 111 Å². The van der Waals surface area contributed by atoms with Crippen LogP contribution in [-0.4, -0.2) is 29.6 Å². The highest BCUT2D eigenvalue weighted by Crippen LogP contribution is 2.35. The van der Waals surface area contributed by atoms with E-state index >= 15 is 0 Å². The van der Waals surface area contributed by atoms with Gasteiger partial charge in [-0.1, -0.05) is 18.2 Å². The van der Waals surface area contributed by atoms with E-state index in [1.54, 1.807) is 30.3 Å². The number of anilines is 2. The van der Waals surface area contributed by atoms with Crippen LogP contribution in [0.1, 0.15) is 0 Å². The van der Waals surface area contributed by atoms with Crippen molar-refractivity contribution in [2.45, 2.75) is 22.5 Å². The van der Waals surface area contributed by atoms with Crippen molar-refractivity contribution < 1.29 is 57.1 Å². The molecule has 0 amide bonds. The zero-order valence-corrected chi connectivity index (χ0v) is 23.8. The number of halogens is 6. The van der Waals surface area contributed by atoms with E-state index in [2.05, 4.69) is 18.9 Å². The minimum Gasteiger partial charge on any atom is -0.456 e. The summed E-state index contributed by atoms with van der Waals surface area (Å²) in [5, 5.41) is 0.721. The minimum atomic E-state index is -5.01. The molecule has 0 unspecified atom stereocenters. The lowest BCUT2D eigenvalue weighted by Gasteiger charge is -2.16. The van der Waals surface area contributed by atoms with Gasteiger partial charge in [0.25, 0.3) is 20.0 Å². The van der Waals surface area contributed by atoms with Gasteiger partial charge < -0.3 is 13.9 Å². The first kappa shape index (κ1) is 31.5. The van der Waals surface area contributed by atoms with E-state index < -0.39 is 54.1 Å². The number of hydrogen-bond donors (Lipinski definition) is 2. The van der Waals surface area contributed by atoms with E-state index in [1.165, 1.54) is 18.2 Å². The number of rotatable bonds is 9. The largest absolute Gasteiger partial charge is 0.573 e. The lowest BCUT2D eigenvalue weighted by Crippen LogP contribution is -2.19. The van der Waals surface area contributed by atoms with E-state index in [9.17, 15) is 43.2 Å². The molecule has 0 atom stereocenters. The zero-order valence-electron chi connectivity index (χ0n) is 22.2. The molecule has 1 aromatic heterocycles. The van der Waals surface area contributed by atoms with Crippen molar-refractivity contribution in [3.63, 3.8) is 0 Å². The fourth-order valence-corrected chi connectivity index (χ4v) is 6.19. The molecule has 0 aliphatic carbocycles. The first-order valence-electron chi connectivity index (χ1n) is 12.4. The van der Waals surface area contributed by atoms with Crippen LogP contribution in [0.4, 0.5) is 37.7 Å². The molecule has 45 heavy (non-hydrogen) atoms. The average Bonchev–Trinajstić information content (AvgIpc) is 3.37. The molecule has 0 saturated heterocycles. The minimum absolute atomic E-state index is 0.292. The van der Waals surface area contributed by atoms with Gasteiger partial charge in [-0.25, -0.2) is 16.8 Å². The molecule has 0 radical (unpaired) electrons. The molecule has 0 fully saturated rings. The molecular weight excluding hydrogens is 654 g/mol. The molecule has 9 nitrogen and oxygen atoms in total. The summed E-state index contributed by atoms with van der Waals surface area (Å²) in [7, 11) is -9.04. The summed E-state index contributed by atoms with van der Waals surface area (Å²) >= 11 is 0. The molecule has 17 heteroatoms. The van der Waals surface area contributed by atoms with Crippen LogP contribution in [0.25, 0.3) is 22.3 Å². The molecule has 5 aromatic rings. The second-order valence-electron chi connectivity index (χ2n) is 9.16. The van der Waals surface area contributed by atoms with Gasteiger partial charge in [0.15, 0.2) is 0 Å². The van der Waals surface area contributed by atoms with Crippen LogP contribution < -0.4 is 18.9 Å². The van der Waals surface area contributed by atoms with Gasteiger partial charge in [0, 0.05) is 10.9 Å². The van der Waals surface area contributed by atoms with Crippen LogP contribution in [0.3, 0.4) is 0 Å². The predicted molar refractivity (Wildman–Crippen MR) is 150 cm³/mol. The molecule has 5 rings (SSSR count). The standard InChI is InChI=1S/C28H18F6N2O7S2/c29-27(30,31)42-19-6-10-21(11-7-19)44(37,38)35-23-14-5-18(26-16-17-3-1-2-4-25(17)41-26)15-24(23)36-45(39,40)22-12-8-20(9-13-22)43-28(32,33)34/h1-16,35-36H. The quantitative estimate of drug-likeness (QED) is 0.156. The number of sulfonamides is 2. The smallest absolute Gasteiger partial charge is 0.456 e. The summed E-state index contributed by atoms with van der Waals surface area (Å²) in [5.41, 5.74) is 0.211. The summed E-state index contributed by atoms with van der Waals surface area (Å²) in [5.74, 6) is -1.05. The zero-order chi connectivity index (χ0) is 32.6. The molecule has 236 valence electrons. The van der Waals surface area contributed by atoms with E-state index in [-0.39, 0.29) is 11.4 Å². The van der Waals surface area contributed by atoms with Crippen LogP contribution in [0, 0.1) is 0 Å². The lowest BCUT2D eigenvalue weighted by molar-refractivity contribution is -0.275. The van der Waals surface area contributed by atoms with Gasteiger partial charge in [-0.15, -0.1) is 26.3 Å². The maximum Gasteiger partial charge on any atom is 0.573 e. The summed E-state index contributed by atoms with van der Waals surface area (Å²) in [6.45, 7) is 0. The molecule has 0 aliphatic heterocycles. The molecule has 0 bridgehead atoms. The molecule has 1 heterocycles. The summed E-state index contributed by atoms with van der Waals surface area (Å²) in [6, 6.07) is 19.1. The van der Waals surface area contributed by atoms with Crippen molar-refractivity contribution in [2.24, 2.45) is 0 Å². The summed E-state index contributed by atoms with van der Waals surface area (Å²) in [6.07, 6.45) is -10.0. The Morgan fingerprint density at radius 3 is 1.56 bits per heavy atom. The number of hydrogen-bond acceptors (Lipinski definition) is 7. The Morgan fingerprint density at radius 2 is 1.07 bits per heavy atom. The molecule has 4 aromatic carbocycles. The van der Waals surface area contributed by atoms with E-state index in [4.69, 9.17) is 4.42 Å². The second-order valence-corrected chi connectivity index (χ2v) is 12.5. The summed E-state index contributed by atoms with van der Waals surface area (Å²) in [4.78, 5) is -0.965. The Labute approximate surface area is 251 Å². The monoisotopic (exact) mass is 672 g/mol. The molecule has 0 aliphatic rings. The molecular formula is C28H18F6N2O7S2. The number of furan rings is 1. The molecule has 0 spiro atoms. The fraction of sp³-hybridized carbons (Fsp3) is 0.0714. The van der Waals surface area contributed by atoms with Crippen LogP contribution in [0.2, 0.25) is 0 Å². The maximum absolute atomic E-state index is 13.2. The fourth-order valence-electron chi connectivity index (χ4n) is 4.04. The Bertz CT molecular complexity index is 2030. The third-order valence-corrected chi connectivity index (χ3v) is 8.72. The van der Waals surface area contributed by atoms with E-state index in [0.717, 1.165) is 53.9 Å². The van der Waals surface area contributed by atoms with Gasteiger partial charge in [0.2, 0.25) is 0 Å². The highest BCUT2D eigenvalue weighted by molar-refractivity contribution is 7.93. The SMILES string of the molecule is O=S(=O)(Nc1ccc(-c2cc3ccccc3o2)cc1NS(=O)(=O)c1ccc(OC(F)(F)F)cc1)c1ccc(OC(F)(F)F)cc1. The van der Waals surface area contributed by atoms with Gasteiger partial charge >= 0.3 is 12.7 Å². The highest BCUT2D eigenvalue weighted by atomic mass is 32.2. The first-order valence-corrected chi connectivity index (χ1v) is 15.3. The number of para-hydroxylation sites is 1. The highest BCUT2D eigenvalue weighted by Gasteiger charge is 2.32. The summed E-state index contributed by atoms with van der Waals surface area (Å²) < 4.78 is 146. The van der Waals surface area contributed by atoms with Gasteiger partial charge in [0.05, 0.1) is 21.2 Å². The number of benzene rings is 4. The first-order chi connectivity index (χ1) is 21.0. The molecule has 0 saturated carbocycles. The van der Waals surface area contributed by atoms with Crippen LogP contribution in [0.5, 0.6) is 11.5 Å². The van der Waals surface area contributed by atoms with Gasteiger partial charge in [0.1, 0.15) is 22.8 Å². The predicted octanol–water partition coefficient (Wildman–Crippen LogP) is 7.50. The van der Waals surface area contributed by atoms with E-state index in [1.807, 2.05) is 0 Å².